The van der Waals surface area contributed by atoms with Crippen molar-refractivity contribution in [3.8, 4) is 0 Å². The fourth-order valence-electron chi connectivity index (χ4n) is 1.53. The van der Waals surface area contributed by atoms with Gasteiger partial charge in [0.1, 0.15) is 0 Å². The molecule has 20 heteroatoms. The van der Waals surface area contributed by atoms with Crippen LogP contribution >= 0.6 is 0 Å². The van der Waals surface area contributed by atoms with Crippen molar-refractivity contribution in [3.05, 3.63) is 33.6 Å². The molecule has 182 valence electrons. The second kappa shape index (κ2) is 38.4. The molecule has 2 aliphatic rings. The zero-order valence-electron chi connectivity index (χ0n) is 18.4. The number of aliphatic hydroxyl groups is 4. The van der Waals surface area contributed by atoms with Crippen molar-refractivity contribution in [3.63, 3.8) is 0 Å². The zero-order valence-corrected chi connectivity index (χ0v) is 25.6. The Bertz CT molecular complexity index is 273. The maximum absolute atomic E-state index is 9.22. The van der Waals surface area contributed by atoms with Crippen LogP contribution in [-0.4, -0.2) is 95.0 Å². The second-order valence-corrected chi connectivity index (χ2v) is 4.72. The number of nitrogens with two attached hydrogens (primary N) is 2. The second-order valence-electron chi connectivity index (χ2n) is 4.72. The SMILES string of the molecule is C1C[N-]C(C2[N-]CCC[N-]2)[N-]C1.[Cr+2].[NH2-].[NH2-].[Na+].[Na+].[Na+].[O-]C(O)C([O-])O.[O-]C(O)C([O-])O.[OH-].[OH-]. The van der Waals surface area contributed by atoms with E-state index in [1.165, 1.54) is 0 Å². The zero-order chi connectivity index (χ0) is 18.5. The van der Waals surface area contributed by atoms with Gasteiger partial charge in [0.25, 0.3) is 0 Å². The summed E-state index contributed by atoms with van der Waals surface area (Å²) in [7, 11) is 0. The third-order valence-electron chi connectivity index (χ3n) is 2.65. The van der Waals surface area contributed by atoms with Gasteiger partial charge in [0.2, 0.25) is 0 Å². The van der Waals surface area contributed by atoms with Crippen molar-refractivity contribution in [2.45, 2.75) is 50.3 Å². The summed E-state index contributed by atoms with van der Waals surface area (Å²) in [4.78, 5) is 0. The molecular weight excluding hydrogens is 509 g/mol. The fraction of sp³-hybridized carbons (Fsp3) is 1.00. The Morgan fingerprint density at radius 2 is 0.688 bits per heavy atom. The molecule has 2 saturated heterocycles. The summed E-state index contributed by atoms with van der Waals surface area (Å²) in [5.74, 6) is 0. The van der Waals surface area contributed by atoms with Crippen LogP contribution in [-0.2, 0) is 17.4 Å². The minimum Gasteiger partial charge on any atom is -0.870 e. The molecule has 0 bridgehead atoms. The summed E-state index contributed by atoms with van der Waals surface area (Å²) in [5, 5.41) is 84.5. The molecule has 4 unspecified atom stereocenters. The number of rotatable bonds is 3. The van der Waals surface area contributed by atoms with Gasteiger partial charge >= 0.3 is 106 Å². The van der Waals surface area contributed by atoms with Crippen molar-refractivity contribution in [2.75, 3.05) is 26.2 Å². The molecule has 2 fully saturated rings. The molecular formula is C12H28CrN6Na3O10-7. The van der Waals surface area contributed by atoms with Gasteiger partial charge in [0, 0.05) is 0 Å². The Balaban J connectivity index is -0.0000000340. The molecule has 16 nitrogen and oxygen atoms in total. The molecule has 0 radical (unpaired) electrons. The number of nitrogens with zero attached hydrogens (tertiary/aromatic N) is 4. The van der Waals surface area contributed by atoms with E-state index >= 15 is 0 Å². The standard InChI is InChI=1S/C8H14N4.2C2H4O4.Cr.2H2N.3Na.2H2O/c1-3-9-7(10-4-1)8-11-5-2-6-12-8;2*3-1(4)2(5)6;;;;;;;;/h7-8H,1-6H2;2*1-3,5H;;2*1H2;;;;2*1H2/q-4;2*-2;+2;2*-1;3*+1;;/p-2. The Kier molecular flexibility index (Phi) is 71.8. The van der Waals surface area contributed by atoms with Crippen LogP contribution < -0.4 is 109 Å². The van der Waals surface area contributed by atoms with E-state index in [9.17, 15) is 20.4 Å². The summed E-state index contributed by atoms with van der Waals surface area (Å²) in [6, 6.07) is 0. The van der Waals surface area contributed by atoms with E-state index in [-0.39, 0.29) is 142 Å². The van der Waals surface area contributed by atoms with E-state index in [0.29, 0.717) is 0 Å². The van der Waals surface area contributed by atoms with Gasteiger partial charge in [-0.15, -0.1) is 0 Å². The maximum Gasteiger partial charge on any atom is 2.00 e. The van der Waals surface area contributed by atoms with Gasteiger partial charge < -0.3 is 85.4 Å². The number of aliphatic hydroxyl groups excluding tert-OH is 4. The Hall–Kier alpha value is 2.89. The molecule has 0 aromatic carbocycles. The summed E-state index contributed by atoms with van der Waals surface area (Å²) in [5.41, 5.74) is 0. The maximum atomic E-state index is 9.22. The molecule has 0 aliphatic carbocycles. The molecule has 2 aliphatic heterocycles. The third-order valence-corrected chi connectivity index (χ3v) is 2.65. The summed E-state index contributed by atoms with van der Waals surface area (Å²) in [6.45, 7) is 3.76. The molecule has 0 saturated carbocycles. The molecule has 10 N–H and O–H groups in total. The van der Waals surface area contributed by atoms with E-state index < -0.39 is 25.2 Å². The van der Waals surface area contributed by atoms with Crippen molar-refractivity contribution in [1.82, 2.24) is 0 Å². The predicted octanol–water partition coefficient (Wildman–Crippen LogP) is -13.3. The van der Waals surface area contributed by atoms with Crippen LogP contribution in [0.4, 0.5) is 0 Å². The van der Waals surface area contributed by atoms with Crippen molar-refractivity contribution in [2.24, 2.45) is 0 Å². The first-order valence-corrected chi connectivity index (χ1v) is 7.27. The van der Waals surface area contributed by atoms with Gasteiger partial charge in [-0.25, -0.2) is 0 Å². The van der Waals surface area contributed by atoms with E-state index in [4.69, 9.17) is 20.4 Å². The Morgan fingerprint density at radius 3 is 0.812 bits per heavy atom. The van der Waals surface area contributed by atoms with Gasteiger partial charge in [-0.2, -0.15) is 26.2 Å². The van der Waals surface area contributed by atoms with Crippen molar-refractivity contribution < 1.29 is 158 Å². The third kappa shape index (κ3) is 35.1. The first-order valence-electron chi connectivity index (χ1n) is 7.27. The average Bonchev–Trinajstić information content (AvgIpc) is 2.57. The smallest absolute Gasteiger partial charge is 0.870 e. The van der Waals surface area contributed by atoms with Gasteiger partial charge in [-0.3, -0.25) is 12.3 Å². The monoisotopic (exact) mass is 537 g/mol. The normalized spacial score (nSPS) is 18.4. The van der Waals surface area contributed by atoms with E-state index in [0.717, 1.165) is 39.0 Å². The Labute approximate surface area is 265 Å². The van der Waals surface area contributed by atoms with Crippen LogP contribution in [0.2, 0.25) is 0 Å². The minimum atomic E-state index is -2.40. The quantitative estimate of drug-likeness (QED) is 0.194. The molecule has 0 amide bonds. The minimum absolute atomic E-state index is 0. The largest absolute Gasteiger partial charge is 2.00 e. The van der Waals surface area contributed by atoms with Crippen LogP contribution in [0, 0.1) is 0 Å². The van der Waals surface area contributed by atoms with Gasteiger partial charge in [-0.05, 0) is 25.2 Å². The van der Waals surface area contributed by atoms with Gasteiger partial charge in [0.05, 0.1) is 0 Å². The first-order chi connectivity index (χ1) is 11.3. The molecule has 32 heavy (non-hydrogen) atoms. The number of hydrogen-bond acceptors (Lipinski definition) is 10. The number of hydrogen-bond donors (Lipinski definition) is 4. The van der Waals surface area contributed by atoms with E-state index in [1.807, 2.05) is 0 Å². The van der Waals surface area contributed by atoms with E-state index in [2.05, 4.69) is 21.3 Å². The van der Waals surface area contributed by atoms with Crippen LogP contribution in [0.5, 0.6) is 0 Å². The fourth-order valence-corrected chi connectivity index (χ4v) is 1.53. The summed E-state index contributed by atoms with van der Waals surface area (Å²) in [6.07, 6.45) is -7.28. The van der Waals surface area contributed by atoms with Crippen LogP contribution in [0.3, 0.4) is 0 Å². The topological polar surface area (TPSA) is 357 Å². The molecule has 2 heterocycles. The first kappa shape index (κ1) is 59.8. The summed E-state index contributed by atoms with van der Waals surface area (Å²) >= 11 is 0. The van der Waals surface area contributed by atoms with Crippen molar-refractivity contribution in [1.29, 1.82) is 0 Å². The Morgan fingerprint density at radius 1 is 0.531 bits per heavy atom. The molecule has 0 aromatic heterocycles. The van der Waals surface area contributed by atoms with E-state index in [1.54, 1.807) is 0 Å². The molecule has 2 rings (SSSR count). The van der Waals surface area contributed by atoms with Gasteiger partial charge in [-0.1, -0.05) is 12.8 Å². The van der Waals surface area contributed by atoms with Crippen molar-refractivity contribution >= 4 is 0 Å². The van der Waals surface area contributed by atoms with Crippen LogP contribution in [0.1, 0.15) is 12.8 Å². The average molecular weight is 537 g/mol. The van der Waals surface area contributed by atoms with Crippen LogP contribution in [0.25, 0.3) is 33.6 Å². The summed E-state index contributed by atoms with van der Waals surface area (Å²) < 4.78 is 0. The molecule has 0 aromatic rings. The predicted molar refractivity (Wildman–Crippen MR) is 88.2 cm³/mol. The van der Waals surface area contributed by atoms with Crippen LogP contribution in [0.15, 0.2) is 0 Å². The van der Waals surface area contributed by atoms with Gasteiger partial charge in [0.15, 0.2) is 0 Å². The molecule has 4 atom stereocenters. The molecule has 0 spiro atoms.